The fraction of sp³-hybridized carbons (Fsp3) is 0.654. The van der Waals surface area contributed by atoms with Crippen molar-refractivity contribution >= 4 is 23.7 Å². The van der Waals surface area contributed by atoms with Crippen molar-refractivity contribution in [2.75, 3.05) is 13.2 Å². The van der Waals surface area contributed by atoms with Crippen LogP contribution in [0.1, 0.15) is 79.1 Å². The number of urea groups is 1. The number of carbonyl (C=O) groups is 3. The molecule has 0 aromatic rings. The molecule has 430 valence electrons. The number of nitrogens with two attached hydrogens (primary N) is 2. The van der Waals surface area contributed by atoms with Crippen LogP contribution in [0.2, 0.25) is 0 Å². The van der Waals surface area contributed by atoms with E-state index in [4.69, 9.17) is 35.5 Å². The molecule has 0 unspecified atom stereocenters. The average molecular weight is 1080 g/mol. The summed E-state index contributed by atoms with van der Waals surface area (Å²) in [6.45, 7) is 5.02. The molecule has 24 nitrogen and oxygen atoms in total. The maximum absolute atomic E-state index is 13.2. The van der Waals surface area contributed by atoms with E-state index in [9.17, 15) is 70.6 Å². The number of nitrogens with one attached hydrogen (secondary N) is 2. The second-order valence-electron chi connectivity index (χ2n) is 19.7. The molecule has 18 N–H and O–H groups in total. The van der Waals surface area contributed by atoms with Crippen LogP contribution in [-0.4, -0.2) is 208 Å². The number of aliphatic hydroxyl groups excluding tert-OH is 11. The van der Waals surface area contributed by atoms with Crippen LogP contribution in [0.3, 0.4) is 0 Å². The van der Waals surface area contributed by atoms with Crippen LogP contribution >= 0.6 is 0 Å². The van der Waals surface area contributed by atoms with Crippen molar-refractivity contribution in [3.8, 4) is 0 Å². The number of fused-ring (bicyclic) bond motifs is 2. The van der Waals surface area contributed by atoms with Gasteiger partial charge < -0.3 is 102 Å². The summed E-state index contributed by atoms with van der Waals surface area (Å²) in [7, 11) is 0. The fourth-order valence-corrected chi connectivity index (χ4v) is 8.69. The standard InChI is InChI=1S/C52H83N5O19/c1-29-17-15-13-11-9-7-5-6-8-10-12-14-16-18-36(75-49-48(70)45(56-50(53)54)47(69)32(4)74-49)24-42-44(57-51(71)55-27-40(65)41(66)28-58)39(64)26-52(72,76-42)25-35(61)22-38(63)37(62)20-19-33(59)21-34(60)23-43(67)73-31(3)30(2)46(29)68/h5-18,29-39,41-42,44-49,58-64,66,68-70,72H,19-28H2,1-4H3,(H4,53,54,56)(H2,55,57,71)/b6-5+,9-7+,10-8+,13-11+,14-12+,17-15+,18-16+/t29-,30-,31-,32+,33+,34+,35-,36-,37+,38+,39-,41+,42-,44+,45-,46+,47+,48-,49-,52+/m0/s1. The van der Waals surface area contributed by atoms with E-state index in [0.29, 0.717) is 0 Å². The quantitative estimate of drug-likeness (QED) is 0.0704. The van der Waals surface area contributed by atoms with Gasteiger partial charge in [0.25, 0.3) is 0 Å². The molecule has 3 heterocycles. The number of amides is 2. The lowest BCUT2D eigenvalue weighted by molar-refractivity contribution is -0.302. The minimum atomic E-state index is -2.39. The van der Waals surface area contributed by atoms with Gasteiger partial charge in [0, 0.05) is 37.5 Å². The second-order valence-corrected chi connectivity index (χ2v) is 19.7. The molecule has 0 aromatic carbocycles. The molecule has 0 radical (unpaired) electrons. The number of ketones is 1. The summed E-state index contributed by atoms with van der Waals surface area (Å²) < 4.78 is 23.7. The molecule has 2 amide bonds. The molecule has 24 heteroatoms. The normalized spacial score (nSPS) is 40.8. The summed E-state index contributed by atoms with van der Waals surface area (Å²) in [4.78, 5) is 42.0. The van der Waals surface area contributed by atoms with Crippen LogP contribution in [0.4, 0.5) is 4.79 Å². The number of aliphatic hydroxyl groups is 12. The van der Waals surface area contributed by atoms with E-state index in [2.05, 4.69) is 15.6 Å². The van der Waals surface area contributed by atoms with Crippen molar-refractivity contribution in [3.05, 3.63) is 85.1 Å². The molecular weight excluding hydrogens is 999 g/mol. The summed E-state index contributed by atoms with van der Waals surface area (Å²) in [5, 5.41) is 134. The molecule has 2 bridgehead atoms. The lowest BCUT2D eigenvalue weighted by Gasteiger charge is -2.46. The van der Waals surface area contributed by atoms with Crippen molar-refractivity contribution in [3.63, 3.8) is 0 Å². The van der Waals surface area contributed by atoms with Crippen molar-refractivity contribution in [1.29, 1.82) is 0 Å². The van der Waals surface area contributed by atoms with Crippen LogP contribution in [0.15, 0.2) is 90.1 Å². The van der Waals surface area contributed by atoms with Gasteiger partial charge >= 0.3 is 12.0 Å². The third-order valence-electron chi connectivity index (χ3n) is 13.2. The number of rotatable bonds is 8. The van der Waals surface area contributed by atoms with Gasteiger partial charge in [-0.3, -0.25) is 9.59 Å². The molecule has 0 saturated carbocycles. The first-order valence-electron chi connectivity index (χ1n) is 25.5. The molecule has 3 aliphatic heterocycles. The SMILES string of the molecule is C[C@@H]1[C@H](O)[C@@H](C)/C=C/C=C/C=C/C=C/C=C/C=C/C=C/[C@H](O[C@@H]2O[C@H](C)[C@@H](O)[C@H](N=C(N)N)[C@@H]2O)C[C@@H]2O[C@](O)(C[C@@H](O)C[C@@H](O)[C@H](O)CC[C@@H](O)C[C@@H](O)CC(=O)O[C@H]1C)C[C@H](O)[C@H]2NC(=O)NCC(=O)[C@H](O)CO. The molecule has 3 aliphatic rings. The van der Waals surface area contributed by atoms with Crippen molar-refractivity contribution in [1.82, 2.24) is 10.6 Å². The number of esters is 1. The number of hydrogen-bond donors (Lipinski definition) is 16. The van der Waals surface area contributed by atoms with Crippen molar-refractivity contribution < 1.29 is 94.6 Å². The predicted molar refractivity (Wildman–Crippen MR) is 276 cm³/mol. The summed E-state index contributed by atoms with van der Waals surface area (Å²) >= 11 is 0. The number of carbonyl (C=O) groups excluding carboxylic acids is 3. The summed E-state index contributed by atoms with van der Waals surface area (Å²) in [5.41, 5.74) is 11.2. The zero-order valence-corrected chi connectivity index (χ0v) is 43.4. The first-order chi connectivity index (χ1) is 35.8. The van der Waals surface area contributed by atoms with Crippen LogP contribution in [0, 0.1) is 11.8 Å². The van der Waals surface area contributed by atoms with E-state index in [1.165, 1.54) is 13.0 Å². The van der Waals surface area contributed by atoms with Gasteiger partial charge in [0.15, 0.2) is 23.8 Å². The summed E-state index contributed by atoms with van der Waals surface area (Å²) in [6.07, 6.45) is 0.159. The molecule has 0 aromatic heterocycles. The highest BCUT2D eigenvalue weighted by molar-refractivity contribution is 5.88. The van der Waals surface area contributed by atoms with E-state index in [0.717, 1.165) is 0 Å². The Morgan fingerprint density at radius 1 is 0.737 bits per heavy atom. The van der Waals surface area contributed by atoms with Gasteiger partial charge in [0.05, 0.1) is 86.7 Å². The Labute approximate surface area is 443 Å². The number of cyclic esters (lactones) is 1. The Morgan fingerprint density at radius 3 is 1.92 bits per heavy atom. The number of nitrogens with zero attached hydrogens (tertiary/aromatic N) is 1. The molecule has 2 fully saturated rings. The Hall–Kier alpha value is -4.74. The Balaban J connectivity index is 1.99. The number of ether oxygens (including phenoxy) is 4. The maximum atomic E-state index is 13.2. The van der Waals surface area contributed by atoms with Crippen LogP contribution in [0.25, 0.3) is 0 Å². The molecule has 2 saturated heterocycles. The first kappa shape index (κ1) is 65.5. The zero-order chi connectivity index (χ0) is 56.7. The van der Waals surface area contributed by atoms with E-state index < -0.39 is 178 Å². The number of guanidine groups is 1. The monoisotopic (exact) mass is 1080 g/mol. The van der Waals surface area contributed by atoms with Gasteiger partial charge in [-0.1, -0.05) is 98.9 Å². The number of aliphatic imine (C=N–C) groups is 1. The Kier molecular flexibility index (Phi) is 28.3. The van der Waals surface area contributed by atoms with Crippen LogP contribution < -0.4 is 22.1 Å². The molecule has 76 heavy (non-hydrogen) atoms. The topological polar surface area (TPSA) is 419 Å². The predicted octanol–water partition coefficient (Wildman–Crippen LogP) is -2.08. The summed E-state index contributed by atoms with van der Waals surface area (Å²) in [5.74, 6) is -5.31. The van der Waals surface area contributed by atoms with Crippen molar-refractivity contribution in [2.24, 2.45) is 28.3 Å². The third kappa shape index (κ3) is 22.7. The molecule has 0 spiro atoms. The van der Waals surface area contributed by atoms with E-state index in [-0.39, 0.29) is 31.6 Å². The highest BCUT2D eigenvalue weighted by Crippen LogP contribution is 2.36. The maximum Gasteiger partial charge on any atom is 0.315 e. The molecule has 20 atom stereocenters. The van der Waals surface area contributed by atoms with Gasteiger partial charge in [-0.2, -0.15) is 0 Å². The highest BCUT2D eigenvalue weighted by Gasteiger charge is 2.49. The lowest BCUT2D eigenvalue weighted by Crippen LogP contribution is -2.63. The second kappa shape index (κ2) is 32.9. The Bertz CT molecular complexity index is 2030. The largest absolute Gasteiger partial charge is 0.462 e. The van der Waals surface area contributed by atoms with Gasteiger partial charge in [-0.05, 0) is 33.1 Å². The number of hydrogen-bond acceptors (Lipinski definition) is 20. The molecule has 0 aliphatic carbocycles. The summed E-state index contributed by atoms with van der Waals surface area (Å²) in [6, 6.07) is -3.76. The lowest BCUT2D eigenvalue weighted by atomic mass is 9.87. The van der Waals surface area contributed by atoms with Gasteiger partial charge in [-0.15, -0.1) is 0 Å². The van der Waals surface area contributed by atoms with Gasteiger partial charge in [0.2, 0.25) is 0 Å². The number of Topliss-reactive ketones (excluding diaryl/α,β-unsaturated/α-hetero) is 1. The smallest absolute Gasteiger partial charge is 0.315 e. The first-order valence-corrected chi connectivity index (χ1v) is 25.5. The Morgan fingerprint density at radius 2 is 1.33 bits per heavy atom. The molecule has 3 rings (SSSR count). The highest BCUT2D eigenvalue weighted by atomic mass is 16.7. The van der Waals surface area contributed by atoms with Crippen LogP contribution in [0.5, 0.6) is 0 Å². The van der Waals surface area contributed by atoms with Crippen molar-refractivity contribution in [2.45, 2.75) is 189 Å². The minimum Gasteiger partial charge on any atom is -0.462 e. The number of allylic oxidation sites excluding steroid dienone is 12. The van der Waals surface area contributed by atoms with Gasteiger partial charge in [0.1, 0.15) is 30.5 Å². The minimum absolute atomic E-state index is 0.144. The van der Waals surface area contributed by atoms with Crippen LogP contribution in [-0.2, 0) is 28.5 Å². The average Bonchev–Trinajstić information content (AvgIpc) is 3.34. The molecular formula is C52H83N5O19. The zero-order valence-electron chi connectivity index (χ0n) is 43.4. The van der Waals surface area contributed by atoms with E-state index in [1.54, 1.807) is 92.8 Å². The van der Waals surface area contributed by atoms with E-state index in [1.807, 2.05) is 6.92 Å². The fourth-order valence-electron chi connectivity index (χ4n) is 8.69. The van der Waals surface area contributed by atoms with Gasteiger partial charge in [-0.25, -0.2) is 9.79 Å². The third-order valence-corrected chi connectivity index (χ3v) is 13.2. The van der Waals surface area contributed by atoms with E-state index >= 15 is 0 Å².